The van der Waals surface area contributed by atoms with Crippen molar-refractivity contribution in [1.82, 2.24) is 9.78 Å². The van der Waals surface area contributed by atoms with Gasteiger partial charge < -0.3 is 14.8 Å². The molecule has 0 unspecified atom stereocenters. The van der Waals surface area contributed by atoms with Crippen LogP contribution in [0, 0.1) is 24.0 Å². The predicted molar refractivity (Wildman–Crippen MR) is 122 cm³/mol. The number of anilines is 1. The van der Waals surface area contributed by atoms with Gasteiger partial charge in [-0.15, -0.1) is 22.7 Å². The second-order valence-corrected chi connectivity index (χ2v) is 8.52. The first-order valence-corrected chi connectivity index (χ1v) is 11.4. The van der Waals surface area contributed by atoms with Crippen LogP contribution in [0.3, 0.4) is 0 Å². The fourth-order valence-electron chi connectivity index (χ4n) is 3.05. The fourth-order valence-corrected chi connectivity index (χ4v) is 4.84. The van der Waals surface area contributed by atoms with Crippen LogP contribution in [-0.2, 0) is 25.6 Å². The summed E-state index contributed by atoms with van der Waals surface area (Å²) in [7, 11) is 0. The zero-order valence-electron chi connectivity index (χ0n) is 17.9. The number of nitrogens with zero attached hydrogens (tertiary/aromatic N) is 3. The molecule has 0 aliphatic rings. The lowest BCUT2D eigenvalue weighted by Gasteiger charge is -2.09. The van der Waals surface area contributed by atoms with E-state index in [0.717, 1.165) is 20.9 Å². The lowest BCUT2D eigenvalue weighted by Crippen LogP contribution is -2.24. The molecule has 0 spiro atoms. The highest BCUT2D eigenvalue weighted by Crippen LogP contribution is 2.38. The summed E-state index contributed by atoms with van der Waals surface area (Å²) < 4.78 is 11.3. The number of aromatic nitrogens is 2. The third-order valence-electron chi connectivity index (χ3n) is 4.48. The van der Waals surface area contributed by atoms with Gasteiger partial charge in [0.15, 0.2) is 6.61 Å². The number of carbonyl (C=O) groups is 3. The monoisotopic (exact) mass is 492 g/mol. The highest BCUT2D eigenvalue weighted by Gasteiger charge is 2.25. The third kappa shape index (κ3) is 5.43. The predicted octanol–water partition coefficient (Wildman–Crippen LogP) is 3.56. The summed E-state index contributed by atoms with van der Waals surface area (Å²) in [6.07, 6.45) is 0. The van der Waals surface area contributed by atoms with Crippen LogP contribution in [0.25, 0.3) is 10.4 Å². The zero-order valence-corrected chi connectivity index (χ0v) is 19.6. The van der Waals surface area contributed by atoms with Crippen molar-refractivity contribution in [3.63, 3.8) is 0 Å². The van der Waals surface area contributed by atoms with E-state index in [-0.39, 0.29) is 40.8 Å². The molecule has 0 saturated heterocycles. The van der Waals surface area contributed by atoms with Crippen molar-refractivity contribution < 1.29 is 28.8 Å². The van der Waals surface area contributed by atoms with Crippen molar-refractivity contribution in [2.75, 3.05) is 18.5 Å². The number of hydrogen-bond acceptors (Lipinski definition) is 10. The van der Waals surface area contributed by atoms with E-state index >= 15 is 0 Å². The van der Waals surface area contributed by atoms with Gasteiger partial charge in [-0.1, -0.05) is 6.07 Å². The average Bonchev–Trinajstić information content (AvgIpc) is 3.46. The minimum Gasteiger partial charge on any atom is -0.462 e. The van der Waals surface area contributed by atoms with Crippen LogP contribution in [0.15, 0.2) is 22.9 Å². The van der Waals surface area contributed by atoms with Gasteiger partial charge in [-0.25, -0.2) is 4.79 Å². The topological polar surface area (TPSA) is 143 Å². The summed E-state index contributed by atoms with van der Waals surface area (Å²) in [6.45, 7) is 3.81. The van der Waals surface area contributed by atoms with Crippen molar-refractivity contribution in [2.24, 2.45) is 0 Å². The van der Waals surface area contributed by atoms with E-state index < -0.39 is 29.4 Å². The SMILES string of the molecule is CCOC(=O)c1c(-c2cccs2)csc1NC(=O)COC(=O)Cn1nc(C)c([N+](=O)[O-])c1C. The molecule has 3 rings (SSSR count). The first-order valence-electron chi connectivity index (χ1n) is 9.69. The zero-order chi connectivity index (χ0) is 24.1. The van der Waals surface area contributed by atoms with Crippen molar-refractivity contribution in [3.05, 3.63) is 50.0 Å². The number of nitrogens with one attached hydrogen (secondary N) is 1. The maximum absolute atomic E-state index is 12.5. The summed E-state index contributed by atoms with van der Waals surface area (Å²) in [4.78, 5) is 48.3. The molecule has 3 heterocycles. The highest BCUT2D eigenvalue weighted by atomic mass is 32.1. The molecule has 0 radical (unpaired) electrons. The molecule has 0 atom stereocenters. The molecular weight excluding hydrogens is 472 g/mol. The molecule has 174 valence electrons. The Morgan fingerprint density at radius 1 is 1.24 bits per heavy atom. The maximum Gasteiger partial charge on any atom is 0.341 e. The van der Waals surface area contributed by atoms with Crippen LogP contribution >= 0.6 is 22.7 Å². The molecule has 13 heteroatoms. The van der Waals surface area contributed by atoms with E-state index in [1.807, 2.05) is 17.5 Å². The number of thiophene rings is 2. The third-order valence-corrected chi connectivity index (χ3v) is 6.28. The summed E-state index contributed by atoms with van der Waals surface area (Å²) in [5, 5.41) is 21.5. The lowest BCUT2D eigenvalue weighted by molar-refractivity contribution is -0.386. The molecule has 11 nitrogen and oxygen atoms in total. The number of amides is 1. The Morgan fingerprint density at radius 3 is 2.61 bits per heavy atom. The maximum atomic E-state index is 12.5. The van der Waals surface area contributed by atoms with Gasteiger partial charge in [0.2, 0.25) is 0 Å². The standard InChI is InChI=1S/C20H20N4O7S2/c1-4-30-20(27)17-13(14-6-5-7-32-14)10-33-19(17)21-15(25)9-31-16(26)8-23-12(3)18(24(28)29)11(2)22-23/h5-7,10H,4,8-9H2,1-3H3,(H,21,25). The van der Waals surface area contributed by atoms with Gasteiger partial charge in [-0.05, 0) is 32.2 Å². The first-order chi connectivity index (χ1) is 15.7. The van der Waals surface area contributed by atoms with Gasteiger partial charge >= 0.3 is 17.6 Å². The number of aryl methyl sites for hydroxylation is 1. The van der Waals surface area contributed by atoms with Gasteiger partial charge in [0.1, 0.15) is 28.5 Å². The fraction of sp³-hybridized carbons (Fsp3) is 0.300. The number of hydrogen-bond donors (Lipinski definition) is 1. The van der Waals surface area contributed by atoms with Crippen LogP contribution in [0.4, 0.5) is 10.7 Å². The summed E-state index contributed by atoms with van der Waals surface area (Å²) in [6, 6.07) is 3.70. The van der Waals surface area contributed by atoms with Crippen LogP contribution in [0.5, 0.6) is 0 Å². The molecule has 1 amide bonds. The first kappa shape index (κ1) is 24.1. The Morgan fingerprint density at radius 2 is 2.00 bits per heavy atom. The number of rotatable bonds is 9. The molecule has 0 saturated carbocycles. The van der Waals surface area contributed by atoms with Crippen LogP contribution in [0.2, 0.25) is 0 Å². The van der Waals surface area contributed by atoms with Gasteiger partial charge in [0.05, 0.1) is 11.5 Å². The minimum absolute atomic E-state index is 0.175. The van der Waals surface area contributed by atoms with E-state index in [1.54, 1.807) is 12.3 Å². The second-order valence-electron chi connectivity index (χ2n) is 6.69. The largest absolute Gasteiger partial charge is 0.462 e. The summed E-state index contributed by atoms with van der Waals surface area (Å²) in [5.41, 5.74) is 1.09. The highest BCUT2D eigenvalue weighted by molar-refractivity contribution is 7.17. The minimum atomic E-state index is -0.790. The van der Waals surface area contributed by atoms with Gasteiger partial charge in [-0.2, -0.15) is 5.10 Å². The molecule has 0 bridgehead atoms. The van der Waals surface area contributed by atoms with Gasteiger partial charge in [0, 0.05) is 15.8 Å². The molecule has 0 aliphatic carbocycles. The second kappa shape index (κ2) is 10.4. The number of nitro groups is 1. The van der Waals surface area contributed by atoms with E-state index in [1.165, 1.54) is 25.2 Å². The smallest absolute Gasteiger partial charge is 0.341 e. The Bertz CT molecular complexity index is 1200. The molecule has 3 aromatic heterocycles. The molecule has 1 N–H and O–H groups in total. The summed E-state index contributed by atoms with van der Waals surface area (Å²) >= 11 is 2.60. The lowest BCUT2D eigenvalue weighted by atomic mass is 10.1. The van der Waals surface area contributed by atoms with Crippen LogP contribution in [0.1, 0.15) is 28.7 Å². The average molecular weight is 493 g/mol. The van der Waals surface area contributed by atoms with Gasteiger partial charge in [-0.3, -0.25) is 24.4 Å². The summed E-state index contributed by atoms with van der Waals surface area (Å²) in [5.74, 6) is -2.00. The molecular formula is C20H20N4O7S2. The molecule has 0 aliphatic heterocycles. The molecule has 33 heavy (non-hydrogen) atoms. The Balaban J connectivity index is 1.65. The van der Waals surface area contributed by atoms with Gasteiger partial charge in [0.25, 0.3) is 5.91 Å². The Labute approximate surface area is 196 Å². The number of carbonyl (C=O) groups excluding carboxylic acids is 3. The van der Waals surface area contributed by atoms with Crippen molar-refractivity contribution in [2.45, 2.75) is 27.3 Å². The Kier molecular flexibility index (Phi) is 7.55. The van der Waals surface area contributed by atoms with E-state index in [9.17, 15) is 24.5 Å². The van der Waals surface area contributed by atoms with Crippen molar-refractivity contribution in [1.29, 1.82) is 0 Å². The molecule has 0 fully saturated rings. The number of esters is 2. The van der Waals surface area contributed by atoms with Crippen molar-refractivity contribution in [3.8, 4) is 10.4 Å². The quantitative estimate of drug-likeness (QED) is 0.271. The molecule has 0 aromatic carbocycles. The molecule has 3 aromatic rings. The van der Waals surface area contributed by atoms with E-state index in [2.05, 4.69) is 10.4 Å². The van der Waals surface area contributed by atoms with Crippen LogP contribution < -0.4 is 5.32 Å². The van der Waals surface area contributed by atoms with Crippen molar-refractivity contribution >= 4 is 51.2 Å². The van der Waals surface area contributed by atoms with E-state index in [4.69, 9.17) is 9.47 Å². The number of ether oxygens (including phenoxy) is 2. The Hall–Kier alpha value is -3.58. The van der Waals surface area contributed by atoms with E-state index in [0.29, 0.717) is 5.56 Å². The van der Waals surface area contributed by atoms with Crippen LogP contribution in [-0.4, -0.2) is 45.8 Å². The normalized spacial score (nSPS) is 10.6.